The Morgan fingerprint density at radius 1 is 0.714 bits per heavy atom. The van der Waals surface area contributed by atoms with Crippen molar-refractivity contribution < 1.29 is 18.1 Å². The fourth-order valence-electron chi connectivity index (χ4n) is 1.54. The maximum absolute atomic E-state index is 5.80. The van der Waals surface area contributed by atoms with Crippen molar-refractivity contribution in [3.8, 4) is 0 Å². The van der Waals surface area contributed by atoms with Crippen molar-refractivity contribution in [2.24, 2.45) is 0 Å². The minimum absolute atomic E-state index is 0.580. The third-order valence-corrected chi connectivity index (χ3v) is 6.13. The largest absolute Gasteiger partial charge is 0.317 e. The molecule has 1 aromatic carbocycles. The highest BCUT2D eigenvalue weighted by Crippen LogP contribution is 2.60. The predicted molar refractivity (Wildman–Crippen MR) is 89.3 cm³/mol. The second-order valence-corrected chi connectivity index (χ2v) is 6.87. The standard InChI is InChI=1S/C14H25NO4P2/c1-5-16-20(17-6-2)15(14-12-10-9-11-13-14)21(18-7-3)19-8-4/h9-13H,5-8H2,1-4H3. The number of nitrogens with zero attached hydrogens (tertiary/aromatic N) is 1. The van der Waals surface area contributed by atoms with Gasteiger partial charge in [0.15, 0.2) is 0 Å². The van der Waals surface area contributed by atoms with Crippen LogP contribution in [-0.2, 0) is 18.1 Å². The van der Waals surface area contributed by atoms with Gasteiger partial charge >= 0.3 is 0 Å². The second kappa shape index (κ2) is 11.3. The first-order valence-electron chi connectivity index (χ1n) is 7.25. The summed E-state index contributed by atoms with van der Waals surface area (Å²) in [5.74, 6) is 0. The molecule has 0 atom stereocenters. The molecule has 1 aromatic rings. The lowest BCUT2D eigenvalue weighted by molar-refractivity contribution is 0.254. The SMILES string of the molecule is CCOP(OCC)N(c1ccccc1)P(OCC)OCC. The van der Waals surface area contributed by atoms with Crippen molar-refractivity contribution >= 4 is 22.7 Å². The number of rotatable bonds is 11. The fraction of sp³-hybridized carbons (Fsp3) is 0.571. The first-order chi connectivity index (χ1) is 10.3. The zero-order valence-electron chi connectivity index (χ0n) is 13.2. The second-order valence-electron chi connectivity index (χ2n) is 3.77. The molecule has 0 aliphatic rings. The molecule has 0 aromatic heterocycles. The quantitative estimate of drug-likeness (QED) is 0.527. The summed E-state index contributed by atoms with van der Waals surface area (Å²) in [5.41, 5.74) is 0.985. The van der Waals surface area contributed by atoms with E-state index in [2.05, 4.69) is 0 Å². The Hall–Kier alpha value is -0.280. The van der Waals surface area contributed by atoms with Gasteiger partial charge in [0.2, 0.25) is 0 Å². The Morgan fingerprint density at radius 3 is 1.43 bits per heavy atom. The molecule has 0 heterocycles. The van der Waals surface area contributed by atoms with Gasteiger partial charge in [0.05, 0.1) is 32.1 Å². The van der Waals surface area contributed by atoms with Gasteiger partial charge in [-0.2, -0.15) is 0 Å². The number of anilines is 1. The van der Waals surface area contributed by atoms with E-state index in [0.717, 1.165) is 5.69 Å². The Bertz CT molecular complexity index is 341. The molecular weight excluding hydrogens is 308 g/mol. The van der Waals surface area contributed by atoms with E-state index in [0.29, 0.717) is 26.4 Å². The van der Waals surface area contributed by atoms with Crippen molar-refractivity contribution in [2.75, 3.05) is 30.9 Å². The molecule has 5 nitrogen and oxygen atoms in total. The van der Waals surface area contributed by atoms with Gasteiger partial charge in [0.25, 0.3) is 17.1 Å². The molecular formula is C14H25NO4P2. The third kappa shape index (κ3) is 6.15. The van der Waals surface area contributed by atoms with Crippen LogP contribution >= 0.6 is 17.1 Å². The van der Waals surface area contributed by atoms with Gasteiger partial charge in [0.1, 0.15) is 0 Å². The molecule has 0 aliphatic heterocycles. The Labute approximate surface area is 130 Å². The zero-order chi connectivity index (χ0) is 15.5. The number of hydrogen-bond acceptors (Lipinski definition) is 5. The molecule has 0 N–H and O–H groups in total. The maximum atomic E-state index is 5.80. The summed E-state index contributed by atoms with van der Waals surface area (Å²) in [7, 11) is -2.50. The third-order valence-electron chi connectivity index (χ3n) is 2.25. The van der Waals surface area contributed by atoms with E-state index < -0.39 is 17.1 Å². The van der Waals surface area contributed by atoms with Crippen LogP contribution < -0.4 is 4.44 Å². The molecule has 0 unspecified atom stereocenters. The minimum atomic E-state index is -1.25. The molecule has 120 valence electrons. The van der Waals surface area contributed by atoms with Crippen molar-refractivity contribution in [1.82, 2.24) is 0 Å². The summed E-state index contributed by atoms with van der Waals surface area (Å²) in [5, 5.41) is 0. The molecule has 1 rings (SSSR count). The molecule has 0 aliphatic carbocycles. The van der Waals surface area contributed by atoms with Gasteiger partial charge < -0.3 is 18.1 Å². The van der Waals surface area contributed by atoms with Crippen molar-refractivity contribution in [1.29, 1.82) is 0 Å². The molecule has 21 heavy (non-hydrogen) atoms. The highest BCUT2D eigenvalue weighted by molar-refractivity contribution is 7.68. The van der Waals surface area contributed by atoms with Gasteiger partial charge in [-0.05, 0) is 39.8 Å². The summed E-state index contributed by atoms with van der Waals surface area (Å²) in [6.07, 6.45) is 0. The van der Waals surface area contributed by atoms with E-state index in [9.17, 15) is 0 Å². The van der Waals surface area contributed by atoms with Gasteiger partial charge in [-0.3, -0.25) is 0 Å². The molecule has 0 saturated heterocycles. The van der Waals surface area contributed by atoms with Crippen LogP contribution in [-0.4, -0.2) is 26.4 Å². The highest BCUT2D eigenvalue weighted by Gasteiger charge is 2.32. The van der Waals surface area contributed by atoms with Gasteiger partial charge in [-0.1, -0.05) is 18.2 Å². The Kier molecular flexibility index (Phi) is 10.1. The fourth-order valence-corrected chi connectivity index (χ4v) is 4.76. The lowest BCUT2D eigenvalue weighted by atomic mass is 10.3. The molecule has 7 heteroatoms. The average Bonchev–Trinajstić information content (AvgIpc) is 2.49. The van der Waals surface area contributed by atoms with Gasteiger partial charge in [-0.15, -0.1) is 0 Å². The van der Waals surface area contributed by atoms with Crippen LogP contribution in [0.15, 0.2) is 30.3 Å². The van der Waals surface area contributed by atoms with Crippen molar-refractivity contribution in [3.05, 3.63) is 30.3 Å². The monoisotopic (exact) mass is 333 g/mol. The predicted octanol–water partition coefficient (Wildman–Crippen LogP) is 5.09. The number of para-hydroxylation sites is 1. The lowest BCUT2D eigenvalue weighted by Crippen LogP contribution is -2.17. The first kappa shape index (κ1) is 18.8. The van der Waals surface area contributed by atoms with Crippen molar-refractivity contribution in [3.63, 3.8) is 0 Å². The van der Waals surface area contributed by atoms with Crippen LogP contribution in [0.2, 0.25) is 0 Å². The van der Waals surface area contributed by atoms with Crippen molar-refractivity contribution in [2.45, 2.75) is 27.7 Å². The van der Waals surface area contributed by atoms with Crippen LogP contribution in [0.1, 0.15) is 27.7 Å². The van der Waals surface area contributed by atoms with Crippen LogP contribution in [0, 0.1) is 0 Å². The zero-order valence-corrected chi connectivity index (χ0v) is 15.0. The minimum Gasteiger partial charge on any atom is -0.317 e. The summed E-state index contributed by atoms with van der Waals surface area (Å²) in [6, 6.07) is 9.98. The summed E-state index contributed by atoms with van der Waals surface area (Å²) in [6.45, 7) is 10.2. The highest BCUT2D eigenvalue weighted by atomic mass is 31.2. The van der Waals surface area contributed by atoms with E-state index in [1.807, 2.05) is 62.5 Å². The Morgan fingerprint density at radius 2 is 1.10 bits per heavy atom. The van der Waals surface area contributed by atoms with Crippen LogP contribution in [0.5, 0.6) is 0 Å². The van der Waals surface area contributed by atoms with E-state index in [4.69, 9.17) is 18.1 Å². The molecule has 0 bridgehead atoms. The lowest BCUT2D eigenvalue weighted by Gasteiger charge is -2.34. The molecule has 0 spiro atoms. The molecule has 0 radical (unpaired) electrons. The molecule has 0 saturated carbocycles. The van der Waals surface area contributed by atoms with E-state index in [1.165, 1.54) is 0 Å². The van der Waals surface area contributed by atoms with Gasteiger partial charge in [-0.25, -0.2) is 4.44 Å². The normalized spacial score (nSPS) is 11.3. The maximum Gasteiger partial charge on any atom is 0.297 e. The molecule has 0 fully saturated rings. The van der Waals surface area contributed by atoms with E-state index in [1.54, 1.807) is 0 Å². The van der Waals surface area contributed by atoms with Crippen LogP contribution in [0.4, 0.5) is 5.69 Å². The first-order valence-corrected chi connectivity index (χ1v) is 9.51. The smallest absolute Gasteiger partial charge is 0.297 e. The molecule has 0 amide bonds. The summed E-state index contributed by atoms with van der Waals surface area (Å²) < 4.78 is 25.2. The van der Waals surface area contributed by atoms with Crippen LogP contribution in [0.3, 0.4) is 0 Å². The van der Waals surface area contributed by atoms with E-state index in [-0.39, 0.29) is 0 Å². The van der Waals surface area contributed by atoms with Crippen LogP contribution in [0.25, 0.3) is 0 Å². The van der Waals surface area contributed by atoms with E-state index >= 15 is 0 Å². The van der Waals surface area contributed by atoms with Gasteiger partial charge in [0, 0.05) is 0 Å². The average molecular weight is 333 g/mol. The summed E-state index contributed by atoms with van der Waals surface area (Å²) in [4.78, 5) is 0. The topological polar surface area (TPSA) is 40.2 Å². The Balaban J connectivity index is 3.06. The number of hydrogen-bond donors (Lipinski definition) is 0. The number of benzene rings is 1. The summed E-state index contributed by atoms with van der Waals surface area (Å²) >= 11 is 0.